The van der Waals surface area contributed by atoms with Crippen LogP contribution in [0.2, 0.25) is 0 Å². The van der Waals surface area contributed by atoms with Crippen molar-refractivity contribution in [2.45, 2.75) is 0 Å². The first kappa shape index (κ1) is 9.65. The Hall–Kier alpha value is -0.900. The summed E-state index contributed by atoms with van der Waals surface area (Å²) >= 11 is 2.22. The Kier molecular flexibility index (Phi) is 2.82. The quantitative estimate of drug-likeness (QED) is 0.700. The Balaban J connectivity index is 2.50. The number of rotatable bonds is 1. The van der Waals surface area contributed by atoms with Crippen LogP contribution < -0.4 is 0 Å². The predicted molar refractivity (Wildman–Crippen MR) is 63.4 cm³/mol. The number of hydrogen-bond acceptors (Lipinski definition) is 0. The van der Waals surface area contributed by atoms with Crippen LogP contribution in [0.4, 0.5) is 4.39 Å². The van der Waals surface area contributed by atoms with E-state index in [0.717, 1.165) is 9.13 Å². The van der Waals surface area contributed by atoms with Crippen molar-refractivity contribution in [2.75, 3.05) is 0 Å². The van der Waals surface area contributed by atoms with Crippen molar-refractivity contribution < 1.29 is 4.39 Å². The van der Waals surface area contributed by atoms with E-state index in [2.05, 4.69) is 28.7 Å². The van der Waals surface area contributed by atoms with Gasteiger partial charge in [0.25, 0.3) is 0 Å². The van der Waals surface area contributed by atoms with Crippen molar-refractivity contribution in [3.8, 4) is 11.1 Å². The average Bonchev–Trinajstić information content (AvgIpc) is 2.20. The molecule has 14 heavy (non-hydrogen) atoms. The van der Waals surface area contributed by atoms with Crippen LogP contribution in [0.5, 0.6) is 0 Å². The highest BCUT2D eigenvalue weighted by Gasteiger charge is 2.02. The van der Waals surface area contributed by atoms with Gasteiger partial charge in [0.2, 0.25) is 0 Å². The van der Waals surface area contributed by atoms with Gasteiger partial charge < -0.3 is 0 Å². The molecule has 0 aliphatic carbocycles. The van der Waals surface area contributed by atoms with Crippen molar-refractivity contribution in [3.63, 3.8) is 0 Å². The lowest BCUT2D eigenvalue weighted by Gasteiger charge is -2.02. The van der Waals surface area contributed by atoms with Gasteiger partial charge in [-0.25, -0.2) is 4.39 Å². The number of halogens is 2. The summed E-state index contributed by atoms with van der Waals surface area (Å²) in [5, 5.41) is 0. The molecule has 0 N–H and O–H groups in total. The molecule has 2 heteroatoms. The van der Waals surface area contributed by atoms with Crippen LogP contribution in [0, 0.1) is 15.5 Å². The van der Waals surface area contributed by atoms with Crippen LogP contribution >= 0.6 is 22.6 Å². The molecule has 0 aromatic heterocycles. The Morgan fingerprint density at radius 3 is 2.43 bits per heavy atom. The van der Waals surface area contributed by atoms with Crippen LogP contribution in [0.25, 0.3) is 11.1 Å². The molecule has 69 valence electrons. The zero-order valence-electron chi connectivity index (χ0n) is 7.30. The van der Waals surface area contributed by atoms with Gasteiger partial charge >= 0.3 is 0 Å². The van der Waals surface area contributed by atoms with Crippen molar-refractivity contribution in [1.29, 1.82) is 0 Å². The molecule has 0 atom stereocenters. The topological polar surface area (TPSA) is 0 Å². The zero-order valence-corrected chi connectivity index (χ0v) is 9.45. The molecule has 0 aliphatic heterocycles. The van der Waals surface area contributed by atoms with Crippen LogP contribution in [-0.4, -0.2) is 0 Å². The summed E-state index contributed by atoms with van der Waals surface area (Å²) in [6.45, 7) is 0. The lowest BCUT2D eigenvalue weighted by molar-refractivity contribution is 0.631. The molecule has 0 fully saturated rings. The monoisotopic (exact) mass is 297 g/mol. The maximum Gasteiger partial charge on any atom is 0.131 e. The summed E-state index contributed by atoms with van der Waals surface area (Å²) in [5.74, 6) is -0.228. The highest BCUT2D eigenvalue weighted by atomic mass is 127. The second-order valence-electron chi connectivity index (χ2n) is 2.91. The molecular formula is C12H7FI. The standard InChI is InChI=1S/C12H7FI/c13-12-4-2-1-3-11(12)9-5-7-10(14)8-6-9/h1,3-8H. The predicted octanol–water partition coefficient (Wildman–Crippen LogP) is 3.90. The number of hydrogen-bond donors (Lipinski definition) is 0. The third-order valence-corrected chi connectivity index (χ3v) is 2.69. The summed E-state index contributed by atoms with van der Waals surface area (Å²) in [5.41, 5.74) is 1.53. The molecule has 0 amide bonds. The van der Waals surface area contributed by atoms with Crippen LogP contribution in [0.3, 0.4) is 0 Å². The second-order valence-corrected chi connectivity index (χ2v) is 4.16. The first-order valence-corrected chi connectivity index (χ1v) is 5.27. The van der Waals surface area contributed by atoms with Gasteiger partial charge in [-0.15, -0.1) is 0 Å². The third kappa shape index (κ3) is 1.95. The molecule has 0 unspecified atom stereocenters. The van der Waals surface area contributed by atoms with E-state index < -0.39 is 0 Å². The molecule has 0 spiro atoms. The zero-order chi connectivity index (χ0) is 9.97. The van der Waals surface area contributed by atoms with Gasteiger partial charge in [-0.05, 0) is 52.4 Å². The van der Waals surface area contributed by atoms with E-state index in [1.165, 1.54) is 6.07 Å². The molecule has 0 nitrogen and oxygen atoms in total. The summed E-state index contributed by atoms with van der Waals surface area (Å²) in [6.07, 6.45) is 0. The van der Waals surface area contributed by atoms with E-state index in [4.69, 9.17) is 0 Å². The van der Waals surface area contributed by atoms with Gasteiger partial charge in [-0.1, -0.05) is 24.3 Å². The van der Waals surface area contributed by atoms with E-state index >= 15 is 0 Å². The summed E-state index contributed by atoms with van der Waals surface area (Å²) in [6, 6.07) is 15.3. The smallest absolute Gasteiger partial charge is 0.131 e. The van der Waals surface area contributed by atoms with E-state index in [9.17, 15) is 4.39 Å². The van der Waals surface area contributed by atoms with Crippen molar-refractivity contribution in [2.24, 2.45) is 0 Å². The van der Waals surface area contributed by atoms with Crippen molar-refractivity contribution >= 4 is 22.6 Å². The molecule has 2 aromatic rings. The van der Waals surface area contributed by atoms with Crippen LogP contribution in [0.15, 0.2) is 42.5 Å². The van der Waals surface area contributed by atoms with Crippen LogP contribution in [-0.2, 0) is 0 Å². The summed E-state index contributed by atoms with van der Waals surface area (Å²) in [7, 11) is 0. The van der Waals surface area contributed by atoms with E-state index in [1.54, 1.807) is 12.1 Å². The first-order valence-electron chi connectivity index (χ1n) is 4.19. The fourth-order valence-electron chi connectivity index (χ4n) is 1.27. The summed E-state index contributed by atoms with van der Waals surface area (Å²) in [4.78, 5) is 0. The lowest BCUT2D eigenvalue weighted by Crippen LogP contribution is -1.83. The molecule has 1 radical (unpaired) electrons. The third-order valence-electron chi connectivity index (χ3n) is 1.97. The second kappa shape index (κ2) is 4.09. The molecule has 0 heterocycles. The number of benzene rings is 2. The minimum Gasteiger partial charge on any atom is -0.206 e. The molecule has 2 rings (SSSR count). The Morgan fingerprint density at radius 2 is 1.79 bits per heavy atom. The molecule has 2 aromatic carbocycles. The Labute approximate surface area is 95.9 Å². The van der Waals surface area contributed by atoms with Gasteiger partial charge in [0.1, 0.15) is 5.82 Å². The van der Waals surface area contributed by atoms with E-state index in [0.29, 0.717) is 5.56 Å². The SMILES string of the molecule is Fc1c[c]ccc1-c1ccc(I)cc1. The van der Waals surface area contributed by atoms with Gasteiger partial charge in [-0.2, -0.15) is 0 Å². The molecular weight excluding hydrogens is 290 g/mol. The van der Waals surface area contributed by atoms with Crippen molar-refractivity contribution in [1.82, 2.24) is 0 Å². The normalized spacial score (nSPS) is 10.1. The van der Waals surface area contributed by atoms with Gasteiger partial charge in [-0.3, -0.25) is 0 Å². The van der Waals surface area contributed by atoms with Crippen LogP contribution in [0.1, 0.15) is 0 Å². The Morgan fingerprint density at radius 1 is 1.07 bits per heavy atom. The molecule has 0 saturated carbocycles. The maximum atomic E-state index is 13.3. The van der Waals surface area contributed by atoms with E-state index in [1.807, 2.05) is 24.3 Å². The largest absolute Gasteiger partial charge is 0.206 e. The Bertz CT molecular complexity index is 434. The van der Waals surface area contributed by atoms with Gasteiger partial charge in [0.15, 0.2) is 0 Å². The van der Waals surface area contributed by atoms with Gasteiger partial charge in [0, 0.05) is 9.13 Å². The molecule has 0 bridgehead atoms. The fraction of sp³-hybridized carbons (Fsp3) is 0. The molecule has 0 aliphatic rings. The lowest BCUT2D eigenvalue weighted by atomic mass is 10.1. The average molecular weight is 297 g/mol. The minimum absolute atomic E-state index is 0.228. The molecule has 0 saturated heterocycles. The summed E-state index contributed by atoms with van der Waals surface area (Å²) < 4.78 is 14.5. The highest BCUT2D eigenvalue weighted by Crippen LogP contribution is 2.22. The first-order chi connectivity index (χ1) is 6.77. The van der Waals surface area contributed by atoms with Crippen molar-refractivity contribution in [3.05, 3.63) is 57.9 Å². The van der Waals surface area contributed by atoms with Gasteiger partial charge in [0.05, 0.1) is 0 Å². The minimum atomic E-state index is -0.228. The highest BCUT2D eigenvalue weighted by molar-refractivity contribution is 14.1. The fourth-order valence-corrected chi connectivity index (χ4v) is 1.63. The maximum absolute atomic E-state index is 13.3. The van der Waals surface area contributed by atoms with E-state index in [-0.39, 0.29) is 5.82 Å².